The van der Waals surface area contributed by atoms with Crippen molar-refractivity contribution in [2.45, 2.75) is 19.8 Å². The first kappa shape index (κ1) is 15.3. The van der Waals surface area contributed by atoms with Gasteiger partial charge >= 0.3 is 5.97 Å². The third-order valence-electron chi connectivity index (χ3n) is 3.43. The number of carboxylic acids is 1. The topological polar surface area (TPSA) is 81.8 Å². The molecule has 0 aromatic heterocycles. The molecular weight excluding hydrogens is 246 g/mol. The quantitative estimate of drug-likeness (QED) is 0.751. The van der Waals surface area contributed by atoms with Gasteiger partial charge < -0.3 is 20.3 Å². The number of nitrogens with two attached hydrogens (primary N) is 1. The minimum Gasteiger partial charge on any atom is -0.493 e. The Bertz CT molecular complexity index is 416. The molecule has 0 amide bonds. The normalized spacial score (nSPS) is 13.6. The van der Waals surface area contributed by atoms with Crippen LogP contribution in [0.2, 0.25) is 0 Å². The van der Waals surface area contributed by atoms with E-state index in [0.717, 1.165) is 0 Å². The molecule has 0 spiro atoms. The van der Waals surface area contributed by atoms with E-state index < -0.39 is 11.4 Å². The maximum atomic E-state index is 11.3. The second-order valence-corrected chi connectivity index (χ2v) is 4.39. The van der Waals surface area contributed by atoms with E-state index in [2.05, 4.69) is 0 Å². The van der Waals surface area contributed by atoms with Crippen LogP contribution in [-0.2, 0) is 4.79 Å². The fourth-order valence-corrected chi connectivity index (χ4v) is 1.86. The van der Waals surface area contributed by atoms with E-state index in [9.17, 15) is 9.90 Å². The van der Waals surface area contributed by atoms with Gasteiger partial charge in [0, 0.05) is 6.54 Å². The number of benzene rings is 1. The van der Waals surface area contributed by atoms with Gasteiger partial charge in [-0.25, -0.2) is 0 Å². The standard InChI is InChI=1S/C14H21NO4/c1-3-14(10-15,13(16)17)8-9-19-12-7-5-4-6-11(12)18-2/h4-7H,3,8-10,15H2,1-2H3,(H,16,17). The van der Waals surface area contributed by atoms with Gasteiger partial charge in [0.25, 0.3) is 0 Å². The van der Waals surface area contributed by atoms with Crippen LogP contribution in [0.3, 0.4) is 0 Å². The molecule has 19 heavy (non-hydrogen) atoms. The molecule has 0 saturated heterocycles. The summed E-state index contributed by atoms with van der Waals surface area (Å²) in [6, 6.07) is 7.27. The molecule has 106 valence electrons. The molecule has 5 heteroatoms. The van der Waals surface area contributed by atoms with Gasteiger partial charge in [0.15, 0.2) is 11.5 Å². The fourth-order valence-electron chi connectivity index (χ4n) is 1.86. The van der Waals surface area contributed by atoms with Gasteiger partial charge in [-0.3, -0.25) is 4.79 Å². The molecular formula is C14H21NO4. The van der Waals surface area contributed by atoms with Crippen molar-refractivity contribution >= 4 is 5.97 Å². The van der Waals surface area contributed by atoms with Crippen LogP contribution in [-0.4, -0.2) is 31.3 Å². The highest BCUT2D eigenvalue weighted by atomic mass is 16.5. The van der Waals surface area contributed by atoms with Crippen LogP contribution in [0.25, 0.3) is 0 Å². The zero-order valence-corrected chi connectivity index (χ0v) is 11.4. The fraction of sp³-hybridized carbons (Fsp3) is 0.500. The summed E-state index contributed by atoms with van der Waals surface area (Å²) in [6.45, 7) is 2.22. The summed E-state index contributed by atoms with van der Waals surface area (Å²) in [5, 5.41) is 9.26. The van der Waals surface area contributed by atoms with E-state index in [4.69, 9.17) is 15.2 Å². The molecule has 1 atom stereocenters. The SMILES string of the molecule is CCC(CN)(CCOc1ccccc1OC)C(=O)O. The molecule has 0 fully saturated rings. The first-order chi connectivity index (χ1) is 9.09. The Morgan fingerprint density at radius 1 is 1.37 bits per heavy atom. The molecule has 0 aliphatic carbocycles. The molecule has 3 N–H and O–H groups in total. The summed E-state index contributed by atoms with van der Waals surface area (Å²) in [5.41, 5.74) is 4.68. The van der Waals surface area contributed by atoms with Gasteiger partial charge in [-0.15, -0.1) is 0 Å². The number of ether oxygens (including phenoxy) is 2. The predicted molar refractivity (Wildman–Crippen MR) is 72.5 cm³/mol. The zero-order valence-electron chi connectivity index (χ0n) is 11.4. The zero-order chi connectivity index (χ0) is 14.3. The summed E-state index contributed by atoms with van der Waals surface area (Å²) in [7, 11) is 1.57. The van der Waals surface area contributed by atoms with Crippen LogP contribution in [0, 0.1) is 5.41 Å². The minimum atomic E-state index is -0.915. The first-order valence-electron chi connectivity index (χ1n) is 6.29. The summed E-state index contributed by atoms with van der Waals surface area (Å²) in [6.07, 6.45) is 0.849. The van der Waals surface area contributed by atoms with E-state index in [1.807, 2.05) is 19.1 Å². The molecule has 0 radical (unpaired) electrons. The van der Waals surface area contributed by atoms with Crippen LogP contribution in [0.1, 0.15) is 19.8 Å². The second kappa shape index (κ2) is 6.99. The third kappa shape index (κ3) is 3.61. The predicted octanol–water partition coefficient (Wildman–Crippen LogP) is 1.90. The lowest BCUT2D eigenvalue weighted by Crippen LogP contribution is -2.39. The van der Waals surface area contributed by atoms with Crippen LogP contribution < -0.4 is 15.2 Å². The number of carbonyl (C=O) groups is 1. The monoisotopic (exact) mass is 267 g/mol. The highest BCUT2D eigenvalue weighted by Gasteiger charge is 2.35. The number of para-hydroxylation sites is 2. The second-order valence-electron chi connectivity index (χ2n) is 4.39. The van der Waals surface area contributed by atoms with Crippen LogP contribution in [0.15, 0.2) is 24.3 Å². The van der Waals surface area contributed by atoms with Crippen LogP contribution in [0.4, 0.5) is 0 Å². The lowest BCUT2D eigenvalue weighted by molar-refractivity contribution is -0.149. The largest absolute Gasteiger partial charge is 0.493 e. The van der Waals surface area contributed by atoms with Gasteiger partial charge in [0.2, 0.25) is 0 Å². The molecule has 5 nitrogen and oxygen atoms in total. The van der Waals surface area contributed by atoms with E-state index in [0.29, 0.717) is 24.3 Å². The molecule has 0 heterocycles. The van der Waals surface area contributed by atoms with Gasteiger partial charge in [0.05, 0.1) is 19.1 Å². The molecule has 0 aliphatic rings. The number of carboxylic acid groups (broad SMARTS) is 1. The Kier molecular flexibility index (Phi) is 5.63. The molecule has 1 aromatic rings. The van der Waals surface area contributed by atoms with Crippen molar-refractivity contribution in [2.24, 2.45) is 11.1 Å². The van der Waals surface area contributed by atoms with Crippen molar-refractivity contribution in [1.29, 1.82) is 0 Å². The summed E-state index contributed by atoms with van der Waals surface area (Å²) in [5.74, 6) is 0.367. The van der Waals surface area contributed by atoms with Gasteiger partial charge in [-0.2, -0.15) is 0 Å². The number of methoxy groups -OCH3 is 1. The summed E-state index contributed by atoms with van der Waals surface area (Å²) >= 11 is 0. The van der Waals surface area contributed by atoms with Crippen molar-refractivity contribution in [3.05, 3.63) is 24.3 Å². The van der Waals surface area contributed by atoms with Gasteiger partial charge in [0.1, 0.15) is 0 Å². The molecule has 1 aromatic carbocycles. The van der Waals surface area contributed by atoms with Gasteiger partial charge in [-0.05, 0) is 25.0 Å². The minimum absolute atomic E-state index is 0.105. The number of hydrogen-bond acceptors (Lipinski definition) is 4. The van der Waals surface area contributed by atoms with E-state index in [-0.39, 0.29) is 13.2 Å². The highest BCUT2D eigenvalue weighted by Crippen LogP contribution is 2.29. The Labute approximate surface area is 113 Å². The molecule has 0 bridgehead atoms. The van der Waals surface area contributed by atoms with E-state index in [1.54, 1.807) is 19.2 Å². The summed E-state index contributed by atoms with van der Waals surface area (Å²) in [4.78, 5) is 11.3. The maximum absolute atomic E-state index is 11.3. The van der Waals surface area contributed by atoms with Crippen LogP contribution >= 0.6 is 0 Å². The van der Waals surface area contributed by atoms with Crippen molar-refractivity contribution in [2.75, 3.05) is 20.3 Å². The average molecular weight is 267 g/mol. The van der Waals surface area contributed by atoms with E-state index >= 15 is 0 Å². The lowest BCUT2D eigenvalue weighted by Gasteiger charge is -2.26. The Morgan fingerprint density at radius 3 is 2.47 bits per heavy atom. The highest BCUT2D eigenvalue weighted by molar-refractivity contribution is 5.74. The van der Waals surface area contributed by atoms with Crippen molar-refractivity contribution in [1.82, 2.24) is 0 Å². The van der Waals surface area contributed by atoms with Crippen LogP contribution in [0.5, 0.6) is 11.5 Å². The average Bonchev–Trinajstić information content (AvgIpc) is 2.44. The first-order valence-corrected chi connectivity index (χ1v) is 6.29. The molecule has 1 unspecified atom stereocenters. The summed E-state index contributed by atoms with van der Waals surface area (Å²) < 4.78 is 10.8. The lowest BCUT2D eigenvalue weighted by atomic mass is 9.82. The maximum Gasteiger partial charge on any atom is 0.311 e. The number of hydrogen-bond donors (Lipinski definition) is 2. The molecule has 0 aliphatic heterocycles. The molecule has 0 saturated carbocycles. The van der Waals surface area contributed by atoms with Gasteiger partial charge in [-0.1, -0.05) is 19.1 Å². The van der Waals surface area contributed by atoms with Crippen molar-refractivity contribution < 1.29 is 19.4 Å². The van der Waals surface area contributed by atoms with Crippen molar-refractivity contribution in [3.63, 3.8) is 0 Å². The Hall–Kier alpha value is -1.75. The Morgan fingerprint density at radius 2 is 2.00 bits per heavy atom. The van der Waals surface area contributed by atoms with E-state index in [1.165, 1.54) is 0 Å². The smallest absolute Gasteiger partial charge is 0.311 e. The number of aliphatic carboxylic acids is 1. The van der Waals surface area contributed by atoms with Crippen molar-refractivity contribution in [3.8, 4) is 11.5 Å². The molecule has 1 rings (SSSR count). The Balaban J connectivity index is 2.64. The third-order valence-corrected chi connectivity index (χ3v) is 3.43. The number of rotatable bonds is 8.